The highest BCUT2D eigenvalue weighted by atomic mass is 35.5. The van der Waals surface area contributed by atoms with Gasteiger partial charge in [0.25, 0.3) is 5.91 Å². The van der Waals surface area contributed by atoms with Crippen molar-refractivity contribution in [2.75, 3.05) is 6.54 Å². The van der Waals surface area contributed by atoms with Crippen LogP contribution in [0.2, 0.25) is 15.1 Å². The van der Waals surface area contributed by atoms with Crippen molar-refractivity contribution in [2.45, 2.75) is 38.3 Å². The first-order valence-electron chi connectivity index (χ1n) is 11.1. The van der Waals surface area contributed by atoms with Crippen LogP contribution in [0.3, 0.4) is 0 Å². The van der Waals surface area contributed by atoms with Gasteiger partial charge in [0.05, 0.1) is 10.0 Å². The first kappa shape index (κ1) is 25.4. The summed E-state index contributed by atoms with van der Waals surface area (Å²) in [6, 6.07) is 18.0. The average Bonchev–Trinajstić information content (AvgIpc) is 2.82. The molecule has 1 aliphatic heterocycles. The number of rotatable bonds is 7. The maximum Gasteiger partial charge on any atom is 0.323 e. The topological polar surface area (TPSA) is 66.8 Å². The monoisotopic (exact) mass is 531 g/mol. The number of carboxylic acid groups (broad SMARTS) is 1. The summed E-state index contributed by atoms with van der Waals surface area (Å²) in [5.74, 6) is -0.788. The summed E-state index contributed by atoms with van der Waals surface area (Å²) < 4.78 is 6.35. The first-order valence-corrected chi connectivity index (χ1v) is 12.3. The predicted octanol–water partition coefficient (Wildman–Crippen LogP) is 6.70. The van der Waals surface area contributed by atoms with Crippen LogP contribution in [0.25, 0.3) is 0 Å². The van der Waals surface area contributed by atoms with Gasteiger partial charge in [0.15, 0.2) is 0 Å². The van der Waals surface area contributed by atoms with Crippen LogP contribution in [0.5, 0.6) is 5.75 Å². The van der Waals surface area contributed by atoms with Crippen molar-refractivity contribution in [2.24, 2.45) is 0 Å². The number of amides is 1. The lowest BCUT2D eigenvalue weighted by Gasteiger charge is -2.36. The number of fused-ring (bicyclic) bond motifs is 1. The SMILES string of the molecule is CC1(Cc2ccc(Cl)cc2)CCc2cc(C(=O)N(CC(=O)O)Cc3cccc(Cl)c3Cl)ccc2O1. The van der Waals surface area contributed by atoms with E-state index in [4.69, 9.17) is 39.5 Å². The fourth-order valence-corrected chi connectivity index (χ4v) is 4.81. The van der Waals surface area contributed by atoms with Crippen molar-refractivity contribution < 1.29 is 19.4 Å². The van der Waals surface area contributed by atoms with Crippen molar-refractivity contribution >= 4 is 46.7 Å². The van der Waals surface area contributed by atoms with E-state index >= 15 is 0 Å². The molecule has 35 heavy (non-hydrogen) atoms. The van der Waals surface area contributed by atoms with Crippen LogP contribution in [0.15, 0.2) is 60.7 Å². The van der Waals surface area contributed by atoms with E-state index in [9.17, 15) is 14.7 Å². The molecule has 4 rings (SSSR count). The van der Waals surface area contributed by atoms with Gasteiger partial charge in [-0.15, -0.1) is 0 Å². The zero-order chi connectivity index (χ0) is 25.2. The molecular formula is C27H24Cl3NO4. The van der Waals surface area contributed by atoms with E-state index in [0.29, 0.717) is 26.2 Å². The molecule has 0 saturated heterocycles. The minimum Gasteiger partial charge on any atom is -0.487 e. The number of nitrogens with zero attached hydrogens (tertiary/aromatic N) is 1. The summed E-state index contributed by atoms with van der Waals surface area (Å²) in [5.41, 5.74) is 2.64. The van der Waals surface area contributed by atoms with Gasteiger partial charge in [-0.25, -0.2) is 0 Å². The summed E-state index contributed by atoms with van der Waals surface area (Å²) >= 11 is 18.4. The van der Waals surface area contributed by atoms with Gasteiger partial charge >= 0.3 is 5.97 Å². The fraction of sp³-hybridized carbons (Fsp3) is 0.259. The maximum atomic E-state index is 13.3. The summed E-state index contributed by atoms with van der Waals surface area (Å²) in [5, 5.41) is 10.7. The Kier molecular flexibility index (Phi) is 7.60. The molecule has 1 unspecified atom stereocenters. The summed E-state index contributed by atoms with van der Waals surface area (Å²) in [6.45, 7) is 1.64. The number of halogens is 3. The average molecular weight is 533 g/mol. The molecule has 3 aromatic rings. The predicted molar refractivity (Wildman–Crippen MR) is 138 cm³/mol. The molecule has 3 aromatic carbocycles. The third-order valence-corrected chi connectivity index (χ3v) is 7.19. The molecule has 0 radical (unpaired) electrons. The van der Waals surface area contributed by atoms with E-state index in [1.54, 1.807) is 36.4 Å². The Labute approximate surface area is 219 Å². The zero-order valence-electron chi connectivity index (χ0n) is 19.1. The van der Waals surface area contributed by atoms with Gasteiger partial charge in [0, 0.05) is 23.6 Å². The van der Waals surface area contributed by atoms with Gasteiger partial charge in [-0.1, -0.05) is 59.1 Å². The number of aryl methyl sites for hydroxylation is 1. The van der Waals surface area contributed by atoms with Crippen LogP contribution in [0.4, 0.5) is 0 Å². The number of hydrogen-bond donors (Lipinski definition) is 1. The number of ether oxygens (including phenoxy) is 1. The quantitative estimate of drug-likeness (QED) is 0.368. The van der Waals surface area contributed by atoms with Crippen molar-refractivity contribution in [1.82, 2.24) is 4.90 Å². The van der Waals surface area contributed by atoms with Crippen LogP contribution in [0, 0.1) is 0 Å². The van der Waals surface area contributed by atoms with Gasteiger partial charge in [-0.3, -0.25) is 9.59 Å². The van der Waals surface area contributed by atoms with Crippen LogP contribution in [-0.4, -0.2) is 34.0 Å². The third-order valence-electron chi connectivity index (χ3n) is 6.08. The second kappa shape index (κ2) is 10.5. The molecule has 0 aliphatic carbocycles. The van der Waals surface area contributed by atoms with E-state index in [2.05, 4.69) is 6.92 Å². The molecule has 182 valence electrons. The molecule has 0 fully saturated rings. The van der Waals surface area contributed by atoms with Gasteiger partial charge in [0.2, 0.25) is 0 Å². The van der Waals surface area contributed by atoms with Gasteiger partial charge in [-0.05, 0) is 72.9 Å². The molecule has 0 aromatic heterocycles. The largest absolute Gasteiger partial charge is 0.487 e. The normalized spacial score (nSPS) is 16.8. The highest BCUT2D eigenvalue weighted by Crippen LogP contribution is 2.36. The van der Waals surface area contributed by atoms with E-state index in [1.807, 2.05) is 24.3 Å². The Morgan fingerprint density at radius 3 is 2.51 bits per heavy atom. The lowest BCUT2D eigenvalue weighted by atomic mass is 9.87. The molecule has 0 spiro atoms. The molecule has 8 heteroatoms. The minimum absolute atomic E-state index is 0.0251. The number of carboxylic acids is 1. The Morgan fingerprint density at radius 1 is 1.06 bits per heavy atom. The number of carbonyl (C=O) groups excluding carboxylic acids is 1. The number of hydrogen-bond acceptors (Lipinski definition) is 3. The molecule has 1 atom stereocenters. The van der Waals surface area contributed by atoms with Gasteiger partial charge in [-0.2, -0.15) is 0 Å². The summed E-state index contributed by atoms with van der Waals surface area (Å²) in [6.07, 6.45) is 2.24. The molecule has 1 aliphatic rings. The molecule has 0 bridgehead atoms. The summed E-state index contributed by atoms with van der Waals surface area (Å²) in [4.78, 5) is 26.0. The van der Waals surface area contributed by atoms with Gasteiger partial charge in [0.1, 0.15) is 17.9 Å². The minimum atomic E-state index is -1.12. The van der Waals surface area contributed by atoms with Crippen LogP contribution in [0.1, 0.15) is 40.4 Å². The first-order chi connectivity index (χ1) is 16.6. The molecular weight excluding hydrogens is 509 g/mol. The highest BCUT2D eigenvalue weighted by molar-refractivity contribution is 6.42. The zero-order valence-corrected chi connectivity index (χ0v) is 21.3. The Bertz CT molecular complexity index is 1260. The van der Waals surface area contributed by atoms with Crippen LogP contribution >= 0.6 is 34.8 Å². The van der Waals surface area contributed by atoms with Gasteiger partial charge < -0.3 is 14.7 Å². The second-order valence-electron chi connectivity index (χ2n) is 8.95. The highest BCUT2D eigenvalue weighted by Gasteiger charge is 2.32. The van der Waals surface area contributed by atoms with Crippen LogP contribution < -0.4 is 4.74 Å². The smallest absolute Gasteiger partial charge is 0.323 e. The molecule has 1 heterocycles. The lowest BCUT2D eigenvalue weighted by Crippen LogP contribution is -2.39. The van der Waals surface area contributed by atoms with E-state index in [0.717, 1.165) is 36.1 Å². The Hall–Kier alpha value is -2.73. The number of carbonyl (C=O) groups is 2. The van der Waals surface area contributed by atoms with E-state index in [1.165, 1.54) is 4.90 Å². The lowest BCUT2D eigenvalue weighted by molar-refractivity contribution is -0.137. The standard InChI is InChI=1S/C27H24Cl3NO4/c1-27(14-17-5-8-21(28)9-6-17)12-11-18-13-19(7-10-23(18)35-27)26(34)31(16-24(32)33)15-20-3-2-4-22(29)25(20)30/h2-10,13H,11-12,14-16H2,1H3,(H,32,33). The Morgan fingerprint density at radius 2 is 1.80 bits per heavy atom. The summed E-state index contributed by atoms with van der Waals surface area (Å²) in [7, 11) is 0. The molecule has 0 saturated carbocycles. The maximum absolute atomic E-state index is 13.3. The fourth-order valence-electron chi connectivity index (χ4n) is 4.30. The van der Waals surface area contributed by atoms with Crippen LogP contribution in [-0.2, 0) is 24.2 Å². The molecule has 1 N–H and O–H groups in total. The van der Waals surface area contributed by atoms with Crippen molar-refractivity contribution in [1.29, 1.82) is 0 Å². The number of benzene rings is 3. The number of aliphatic carboxylic acids is 1. The van der Waals surface area contributed by atoms with E-state index in [-0.39, 0.29) is 12.1 Å². The van der Waals surface area contributed by atoms with Crippen molar-refractivity contribution in [3.8, 4) is 5.75 Å². The third kappa shape index (κ3) is 6.10. The van der Waals surface area contributed by atoms with Crippen molar-refractivity contribution in [3.63, 3.8) is 0 Å². The Balaban J connectivity index is 1.53. The van der Waals surface area contributed by atoms with E-state index < -0.39 is 18.4 Å². The molecule has 1 amide bonds. The second-order valence-corrected chi connectivity index (χ2v) is 10.2. The van der Waals surface area contributed by atoms with Crippen molar-refractivity contribution in [3.05, 3.63) is 98.0 Å². The molecule has 5 nitrogen and oxygen atoms in total.